The summed E-state index contributed by atoms with van der Waals surface area (Å²) in [5, 5.41) is 10.2. The molecule has 2 heterocycles. The van der Waals surface area contributed by atoms with Crippen molar-refractivity contribution in [1.82, 2.24) is 4.57 Å². The first-order chi connectivity index (χ1) is 13.4. The lowest BCUT2D eigenvalue weighted by molar-refractivity contribution is -0.137. The summed E-state index contributed by atoms with van der Waals surface area (Å²) >= 11 is 0. The summed E-state index contributed by atoms with van der Waals surface area (Å²) in [6.45, 7) is 0.583. The van der Waals surface area contributed by atoms with Gasteiger partial charge in [0.15, 0.2) is 0 Å². The third-order valence-corrected chi connectivity index (χ3v) is 5.23. The second-order valence-electron chi connectivity index (χ2n) is 6.94. The van der Waals surface area contributed by atoms with Crippen LogP contribution in [0.4, 0.5) is 18.9 Å². The Morgan fingerprint density at radius 1 is 1.07 bits per heavy atom. The van der Waals surface area contributed by atoms with Crippen LogP contribution in [-0.2, 0) is 6.18 Å². The van der Waals surface area contributed by atoms with Gasteiger partial charge in [0.25, 0.3) is 5.56 Å². The van der Waals surface area contributed by atoms with Gasteiger partial charge in [-0.3, -0.25) is 9.36 Å². The predicted molar refractivity (Wildman–Crippen MR) is 102 cm³/mol. The first kappa shape index (κ1) is 18.6. The smallest absolute Gasteiger partial charge is 0.394 e. The van der Waals surface area contributed by atoms with E-state index in [-0.39, 0.29) is 18.2 Å². The van der Waals surface area contributed by atoms with Crippen LogP contribution in [0.3, 0.4) is 0 Å². The zero-order valence-electron chi connectivity index (χ0n) is 15.0. The van der Waals surface area contributed by atoms with Crippen molar-refractivity contribution in [3.8, 4) is 5.69 Å². The average Bonchev–Trinajstić information content (AvgIpc) is 3.15. The molecule has 1 aliphatic rings. The molecule has 1 aliphatic heterocycles. The van der Waals surface area contributed by atoms with Gasteiger partial charge in [-0.15, -0.1) is 0 Å². The number of anilines is 1. The van der Waals surface area contributed by atoms with E-state index in [9.17, 15) is 23.1 Å². The molecule has 1 N–H and O–H groups in total. The zero-order valence-corrected chi connectivity index (χ0v) is 15.0. The highest BCUT2D eigenvalue weighted by atomic mass is 19.4. The van der Waals surface area contributed by atoms with Gasteiger partial charge >= 0.3 is 6.18 Å². The van der Waals surface area contributed by atoms with Gasteiger partial charge in [0.1, 0.15) is 0 Å². The van der Waals surface area contributed by atoms with E-state index >= 15 is 0 Å². The number of pyridine rings is 1. The highest BCUT2D eigenvalue weighted by molar-refractivity contribution is 5.93. The van der Waals surface area contributed by atoms with Crippen LogP contribution in [0.2, 0.25) is 0 Å². The molecule has 7 heteroatoms. The first-order valence-corrected chi connectivity index (χ1v) is 9.10. The average molecular weight is 388 g/mol. The van der Waals surface area contributed by atoms with Crippen LogP contribution < -0.4 is 10.5 Å². The molecule has 4 nitrogen and oxygen atoms in total. The molecule has 1 saturated heterocycles. The highest BCUT2D eigenvalue weighted by Crippen LogP contribution is 2.36. The van der Waals surface area contributed by atoms with Gasteiger partial charge in [-0.25, -0.2) is 0 Å². The van der Waals surface area contributed by atoms with E-state index in [1.807, 2.05) is 4.90 Å². The van der Waals surface area contributed by atoms with Gasteiger partial charge < -0.3 is 10.0 Å². The monoisotopic (exact) mass is 388 g/mol. The quantitative estimate of drug-likeness (QED) is 0.739. The number of alkyl halides is 3. The maximum Gasteiger partial charge on any atom is 0.416 e. The van der Waals surface area contributed by atoms with Gasteiger partial charge in [-0.05, 0) is 37.1 Å². The summed E-state index contributed by atoms with van der Waals surface area (Å²) in [5.41, 5.74) is 0.0612. The van der Waals surface area contributed by atoms with Crippen LogP contribution in [0.1, 0.15) is 18.4 Å². The second kappa shape index (κ2) is 6.98. The summed E-state index contributed by atoms with van der Waals surface area (Å²) < 4.78 is 41.3. The van der Waals surface area contributed by atoms with Gasteiger partial charge in [-0.1, -0.05) is 24.3 Å². The Morgan fingerprint density at radius 3 is 2.50 bits per heavy atom. The Labute approximate surface area is 159 Å². The molecule has 0 aliphatic carbocycles. The van der Waals surface area contributed by atoms with E-state index in [1.165, 1.54) is 16.7 Å². The fourth-order valence-electron chi connectivity index (χ4n) is 3.91. The number of aliphatic hydroxyl groups is 1. The zero-order chi connectivity index (χ0) is 19.9. The number of hydrogen-bond acceptors (Lipinski definition) is 3. The minimum absolute atomic E-state index is 0.0656. The summed E-state index contributed by atoms with van der Waals surface area (Å²) in [4.78, 5) is 14.9. The molecule has 28 heavy (non-hydrogen) atoms. The topological polar surface area (TPSA) is 45.5 Å². The largest absolute Gasteiger partial charge is 0.416 e. The number of fused-ring (bicyclic) bond motifs is 1. The van der Waals surface area contributed by atoms with Crippen molar-refractivity contribution < 1.29 is 18.3 Å². The lowest BCUT2D eigenvalue weighted by atomic mass is 10.1. The van der Waals surface area contributed by atoms with Crippen LogP contribution in [-0.4, -0.2) is 28.9 Å². The lowest BCUT2D eigenvalue weighted by Gasteiger charge is -2.27. The maximum atomic E-state index is 13.3. The molecule has 4 rings (SSSR count). The molecule has 2 aromatic carbocycles. The number of aliphatic hydroxyl groups excluding tert-OH is 1. The minimum atomic E-state index is -4.51. The Morgan fingerprint density at radius 2 is 1.82 bits per heavy atom. The van der Waals surface area contributed by atoms with E-state index in [1.54, 1.807) is 30.3 Å². The Kier molecular flexibility index (Phi) is 4.63. The van der Waals surface area contributed by atoms with Crippen LogP contribution >= 0.6 is 0 Å². The molecule has 0 radical (unpaired) electrons. The Hall–Kier alpha value is -2.80. The van der Waals surface area contributed by atoms with Crippen molar-refractivity contribution >= 4 is 16.6 Å². The number of rotatable bonds is 3. The van der Waals surface area contributed by atoms with E-state index < -0.39 is 17.3 Å². The fraction of sp³-hybridized carbons (Fsp3) is 0.286. The van der Waals surface area contributed by atoms with Crippen molar-refractivity contribution in [1.29, 1.82) is 0 Å². The van der Waals surface area contributed by atoms with Crippen LogP contribution in [0.5, 0.6) is 0 Å². The standard InChI is InChI=1S/C21H19F3N2O2/c22-21(23,24)14-8-9-17-18(25-10-4-7-16(25)13-27)12-20(28)26(19(17)11-14)15-5-2-1-3-6-15/h1-3,5-6,8-9,11-12,16,27H,4,7,10,13H2. The van der Waals surface area contributed by atoms with Crippen molar-refractivity contribution in [3.05, 3.63) is 70.5 Å². The molecule has 0 amide bonds. The first-order valence-electron chi connectivity index (χ1n) is 9.10. The predicted octanol–water partition coefficient (Wildman–Crippen LogP) is 3.97. The molecular weight excluding hydrogens is 369 g/mol. The van der Waals surface area contributed by atoms with E-state index in [2.05, 4.69) is 0 Å². The number of benzene rings is 2. The molecule has 0 bridgehead atoms. The Balaban J connectivity index is 2.03. The molecule has 1 unspecified atom stereocenters. The van der Waals surface area contributed by atoms with Crippen LogP contribution in [0.15, 0.2) is 59.4 Å². The van der Waals surface area contributed by atoms with E-state index in [0.717, 1.165) is 25.0 Å². The molecule has 0 saturated carbocycles. The SMILES string of the molecule is O=c1cc(N2CCCC2CO)c2ccc(C(F)(F)F)cc2n1-c1ccccc1. The summed E-state index contributed by atoms with van der Waals surface area (Å²) in [7, 11) is 0. The van der Waals surface area contributed by atoms with E-state index in [0.29, 0.717) is 23.3 Å². The third kappa shape index (κ3) is 3.16. The molecule has 1 fully saturated rings. The van der Waals surface area contributed by atoms with Gasteiger partial charge in [-0.2, -0.15) is 13.2 Å². The minimum Gasteiger partial charge on any atom is -0.394 e. The molecule has 0 spiro atoms. The molecule has 1 atom stereocenters. The van der Waals surface area contributed by atoms with Crippen LogP contribution in [0, 0.1) is 0 Å². The van der Waals surface area contributed by atoms with E-state index in [4.69, 9.17) is 0 Å². The second-order valence-corrected chi connectivity index (χ2v) is 6.94. The third-order valence-electron chi connectivity index (χ3n) is 5.23. The normalized spacial score (nSPS) is 17.4. The van der Waals surface area contributed by atoms with Crippen molar-refractivity contribution in [2.45, 2.75) is 25.1 Å². The number of halogens is 3. The lowest BCUT2D eigenvalue weighted by Crippen LogP contribution is -2.33. The van der Waals surface area contributed by atoms with Crippen molar-refractivity contribution in [3.63, 3.8) is 0 Å². The molecule has 3 aromatic rings. The van der Waals surface area contributed by atoms with Crippen molar-refractivity contribution in [2.24, 2.45) is 0 Å². The summed E-state index contributed by atoms with van der Waals surface area (Å²) in [6, 6.07) is 13.4. The van der Waals surface area contributed by atoms with Crippen molar-refractivity contribution in [2.75, 3.05) is 18.1 Å². The number of aromatic nitrogens is 1. The summed E-state index contributed by atoms with van der Waals surface area (Å²) in [5.74, 6) is 0. The summed E-state index contributed by atoms with van der Waals surface area (Å²) in [6.07, 6.45) is -2.88. The van der Waals surface area contributed by atoms with Gasteiger partial charge in [0.2, 0.25) is 0 Å². The molecular formula is C21H19F3N2O2. The fourth-order valence-corrected chi connectivity index (χ4v) is 3.91. The maximum absolute atomic E-state index is 13.3. The van der Waals surface area contributed by atoms with Gasteiger partial charge in [0.05, 0.1) is 29.4 Å². The number of nitrogens with zero attached hydrogens (tertiary/aromatic N) is 2. The highest BCUT2D eigenvalue weighted by Gasteiger charge is 2.32. The van der Waals surface area contributed by atoms with Gasteiger partial charge in [0, 0.05) is 23.7 Å². The molecule has 1 aromatic heterocycles. The van der Waals surface area contributed by atoms with Crippen LogP contribution in [0.25, 0.3) is 16.6 Å². The Bertz CT molecular complexity index is 1060. The number of para-hydroxylation sites is 1. The molecule has 146 valence electrons. The number of hydrogen-bond donors (Lipinski definition) is 1.